The average molecular weight is 346 g/mol. The molecule has 0 saturated carbocycles. The van der Waals surface area contributed by atoms with Crippen molar-refractivity contribution in [2.45, 2.75) is 44.5 Å². The summed E-state index contributed by atoms with van der Waals surface area (Å²) in [5.41, 5.74) is 1.12. The number of ether oxygens (including phenoxy) is 2. The summed E-state index contributed by atoms with van der Waals surface area (Å²) in [6, 6.07) is 4.25. The number of nitrogens with zero attached hydrogens (tertiary/aromatic N) is 3. The third-order valence-corrected chi connectivity index (χ3v) is 5.31. The van der Waals surface area contributed by atoms with Crippen LogP contribution < -0.4 is 10.2 Å². The van der Waals surface area contributed by atoms with Gasteiger partial charge in [-0.25, -0.2) is 9.78 Å². The molecule has 25 heavy (non-hydrogen) atoms. The lowest BCUT2D eigenvalue weighted by atomic mass is 10.2. The van der Waals surface area contributed by atoms with Crippen LogP contribution in [0.15, 0.2) is 18.3 Å². The largest absolute Gasteiger partial charge is 0.376 e. The molecule has 0 aliphatic carbocycles. The Hall–Kier alpha value is -1.86. The van der Waals surface area contributed by atoms with Crippen LogP contribution in [0.2, 0.25) is 0 Å². The Morgan fingerprint density at radius 2 is 2.40 bits per heavy atom. The molecule has 0 bridgehead atoms. The molecule has 1 N–H and O–H groups in total. The number of urea groups is 1. The Morgan fingerprint density at radius 1 is 1.48 bits per heavy atom. The molecule has 0 radical (unpaired) electrons. The van der Waals surface area contributed by atoms with Gasteiger partial charge in [-0.05, 0) is 25.8 Å². The quantitative estimate of drug-likeness (QED) is 0.896. The highest BCUT2D eigenvalue weighted by Gasteiger charge is 2.36. The zero-order chi connectivity index (χ0) is 17.2. The van der Waals surface area contributed by atoms with Gasteiger partial charge in [-0.3, -0.25) is 0 Å². The minimum atomic E-state index is -0.0799. The standard InChI is InChI=1S/C18H26N4O3/c1-2-25-16-12-24-11-15(16)20-18(23)21-9-13-5-3-7-19-17(13)22-8-4-6-14(22)10-21/h3,5,7,14-16H,2,4,6,8-12H2,1H3,(H,20,23)/t14-,15-,16-/m1/s1. The fourth-order valence-electron chi connectivity index (χ4n) is 4.09. The molecular weight excluding hydrogens is 320 g/mol. The van der Waals surface area contributed by atoms with Gasteiger partial charge in [0.1, 0.15) is 11.9 Å². The van der Waals surface area contributed by atoms with Crippen LogP contribution in [-0.2, 0) is 16.0 Å². The van der Waals surface area contributed by atoms with Gasteiger partial charge < -0.3 is 24.6 Å². The lowest BCUT2D eigenvalue weighted by Gasteiger charge is -2.28. The Morgan fingerprint density at radius 3 is 3.28 bits per heavy atom. The number of nitrogens with one attached hydrogen (secondary N) is 1. The topological polar surface area (TPSA) is 66.9 Å². The van der Waals surface area contributed by atoms with Gasteiger partial charge in [0.2, 0.25) is 0 Å². The number of amides is 2. The number of fused-ring (bicyclic) bond motifs is 3. The highest BCUT2D eigenvalue weighted by Crippen LogP contribution is 2.31. The first-order chi connectivity index (χ1) is 12.3. The van der Waals surface area contributed by atoms with E-state index in [0.717, 1.165) is 37.3 Å². The van der Waals surface area contributed by atoms with Gasteiger partial charge in [-0.15, -0.1) is 0 Å². The SMILES string of the molecule is CCO[C@@H]1COC[C@H]1NC(=O)N1Cc2cccnc2N2CCC[C@@H]2C1. The molecular formula is C18H26N4O3. The number of hydrogen-bond acceptors (Lipinski definition) is 5. The Kier molecular flexibility index (Phi) is 4.76. The molecule has 0 spiro atoms. The van der Waals surface area contributed by atoms with Crippen molar-refractivity contribution in [2.24, 2.45) is 0 Å². The number of rotatable bonds is 3. The monoisotopic (exact) mass is 346 g/mol. The molecule has 4 rings (SSSR count). The van der Waals surface area contributed by atoms with Crippen LogP contribution in [0.3, 0.4) is 0 Å². The van der Waals surface area contributed by atoms with Crippen molar-refractivity contribution in [1.29, 1.82) is 0 Å². The number of carbonyl (C=O) groups excluding carboxylic acids is 1. The second kappa shape index (κ2) is 7.17. The van der Waals surface area contributed by atoms with Crippen LogP contribution in [0.1, 0.15) is 25.3 Å². The molecule has 7 heteroatoms. The van der Waals surface area contributed by atoms with Crippen LogP contribution >= 0.6 is 0 Å². The number of pyridine rings is 1. The van der Waals surface area contributed by atoms with Crippen molar-refractivity contribution >= 4 is 11.8 Å². The molecule has 0 aromatic carbocycles. The molecule has 2 saturated heterocycles. The summed E-state index contributed by atoms with van der Waals surface area (Å²) in [6.07, 6.45) is 4.04. The summed E-state index contributed by atoms with van der Waals surface area (Å²) in [4.78, 5) is 21.8. The first kappa shape index (κ1) is 16.6. The third-order valence-electron chi connectivity index (χ3n) is 5.31. The molecule has 7 nitrogen and oxygen atoms in total. The van der Waals surface area contributed by atoms with Gasteiger partial charge in [-0.2, -0.15) is 0 Å². The fourth-order valence-corrected chi connectivity index (χ4v) is 4.09. The minimum absolute atomic E-state index is 0.0382. The van der Waals surface area contributed by atoms with Gasteiger partial charge in [0.05, 0.1) is 25.8 Å². The summed E-state index contributed by atoms with van der Waals surface area (Å²) in [6.45, 7) is 5.99. The number of carbonyl (C=O) groups is 1. The van der Waals surface area contributed by atoms with E-state index in [1.807, 2.05) is 24.1 Å². The first-order valence-electron chi connectivity index (χ1n) is 9.21. The lowest BCUT2D eigenvalue weighted by Crippen LogP contribution is -2.51. The predicted molar refractivity (Wildman–Crippen MR) is 93.6 cm³/mol. The van der Waals surface area contributed by atoms with Crippen molar-refractivity contribution in [3.63, 3.8) is 0 Å². The maximum absolute atomic E-state index is 12.9. The van der Waals surface area contributed by atoms with Crippen LogP contribution in [0.4, 0.5) is 10.6 Å². The molecule has 3 aliphatic rings. The molecule has 2 amide bonds. The van der Waals surface area contributed by atoms with Crippen LogP contribution in [0, 0.1) is 0 Å². The van der Waals surface area contributed by atoms with Gasteiger partial charge in [0, 0.05) is 37.5 Å². The zero-order valence-corrected chi connectivity index (χ0v) is 14.7. The van der Waals surface area contributed by atoms with Gasteiger partial charge in [0.25, 0.3) is 0 Å². The van der Waals surface area contributed by atoms with E-state index in [1.165, 1.54) is 0 Å². The van der Waals surface area contributed by atoms with Crippen molar-refractivity contribution in [2.75, 3.05) is 37.8 Å². The Bertz CT molecular complexity index is 626. The first-order valence-corrected chi connectivity index (χ1v) is 9.21. The molecule has 3 aliphatic heterocycles. The summed E-state index contributed by atoms with van der Waals surface area (Å²) >= 11 is 0. The maximum atomic E-state index is 12.9. The van der Waals surface area contributed by atoms with E-state index in [4.69, 9.17) is 9.47 Å². The van der Waals surface area contributed by atoms with Gasteiger partial charge in [0.15, 0.2) is 0 Å². The molecule has 136 valence electrons. The second-order valence-electron chi connectivity index (χ2n) is 6.94. The molecule has 2 fully saturated rings. The average Bonchev–Trinajstić information content (AvgIpc) is 3.22. The Balaban J connectivity index is 1.49. The predicted octanol–water partition coefficient (Wildman–Crippen LogP) is 1.38. The van der Waals surface area contributed by atoms with E-state index in [1.54, 1.807) is 0 Å². The number of anilines is 1. The Labute approximate surface area is 148 Å². The van der Waals surface area contributed by atoms with Crippen LogP contribution in [-0.4, -0.2) is 67.0 Å². The fraction of sp³-hybridized carbons (Fsp3) is 0.667. The maximum Gasteiger partial charge on any atom is 0.318 e. The highest BCUT2D eigenvalue weighted by atomic mass is 16.5. The number of hydrogen-bond donors (Lipinski definition) is 1. The van der Waals surface area contributed by atoms with Gasteiger partial charge in [-0.1, -0.05) is 6.07 Å². The molecule has 1 aromatic heterocycles. The van der Waals surface area contributed by atoms with Crippen LogP contribution in [0.5, 0.6) is 0 Å². The summed E-state index contributed by atoms with van der Waals surface area (Å²) < 4.78 is 11.2. The minimum Gasteiger partial charge on any atom is -0.376 e. The van der Waals surface area contributed by atoms with Crippen molar-refractivity contribution in [3.05, 3.63) is 23.9 Å². The van der Waals surface area contributed by atoms with E-state index < -0.39 is 0 Å². The van der Waals surface area contributed by atoms with Crippen molar-refractivity contribution < 1.29 is 14.3 Å². The molecule has 0 unspecified atom stereocenters. The van der Waals surface area contributed by atoms with E-state index in [-0.39, 0.29) is 18.2 Å². The summed E-state index contributed by atoms with van der Waals surface area (Å²) in [7, 11) is 0. The smallest absolute Gasteiger partial charge is 0.318 e. The second-order valence-corrected chi connectivity index (χ2v) is 6.94. The molecule has 4 heterocycles. The van der Waals surface area contributed by atoms with E-state index >= 15 is 0 Å². The van der Waals surface area contributed by atoms with E-state index in [0.29, 0.717) is 32.4 Å². The van der Waals surface area contributed by atoms with E-state index in [2.05, 4.69) is 21.3 Å². The lowest BCUT2D eigenvalue weighted by molar-refractivity contribution is 0.0417. The normalized spacial score (nSPS) is 28.4. The summed E-state index contributed by atoms with van der Waals surface area (Å²) in [5.74, 6) is 1.04. The molecule has 1 aromatic rings. The number of aromatic nitrogens is 1. The highest BCUT2D eigenvalue weighted by molar-refractivity contribution is 5.75. The van der Waals surface area contributed by atoms with Crippen molar-refractivity contribution in [3.8, 4) is 0 Å². The zero-order valence-electron chi connectivity index (χ0n) is 14.7. The van der Waals surface area contributed by atoms with E-state index in [9.17, 15) is 4.79 Å². The summed E-state index contributed by atoms with van der Waals surface area (Å²) in [5, 5.41) is 3.12. The van der Waals surface area contributed by atoms with Crippen LogP contribution in [0.25, 0.3) is 0 Å². The third kappa shape index (κ3) is 3.30. The molecule has 3 atom stereocenters. The van der Waals surface area contributed by atoms with Gasteiger partial charge >= 0.3 is 6.03 Å². The van der Waals surface area contributed by atoms with Crippen molar-refractivity contribution in [1.82, 2.24) is 15.2 Å².